The van der Waals surface area contributed by atoms with Crippen molar-refractivity contribution < 1.29 is 4.79 Å². The lowest BCUT2D eigenvalue weighted by molar-refractivity contribution is -0.119. The lowest BCUT2D eigenvalue weighted by Crippen LogP contribution is -2.27. The van der Waals surface area contributed by atoms with E-state index in [1.807, 2.05) is 6.92 Å². The van der Waals surface area contributed by atoms with Crippen molar-refractivity contribution >= 4 is 23.2 Å². The van der Waals surface area contributed by atoms with E-state index in [1.165, 1.54) is 4.80 Å². The SMILES string of the molecule is CCC(C(=O)Nc1cccnc1)n1nnc(-c2ccc(Cl)cc2)n1. The molecule has 0 aliphatic heterocycles. The Morgan fingerprint density at radius 1 is 1.29 bits per heavy atom. The Balaban J connectivity index is 1.78. The van der Waals surface area contributed by atoms with Crippen LogP contribution in [0.2, 0.25) is 5.02 Å². The van der Waals surface area contributed by atoms with Crippen molar-refractivity contribution in [2.75, 3.05) is 5.32 Å². The lowest BCUT2D eigenvalue weighted by atomic mass is 10.2. The van der Waals surface area contributed by atoms with Gasteiger partial charge >= 0.3 is 0 Å². The molecule has 122 valence electrons. The standard InChI is InChI=1S/C16H15ClN6O/c1-2-14(16(24)19-13-4-3-9-18-10-13)23-21-15(20-22-23)11-5-7-12(17)8-6-11/h3-10,14H,2H2,1H3,(H,19,24). The van der Waals surface area contributed by atoms with Crippen LogP contribution < -0.4 is 5.32 Å². The van der Waals surface area contributed by atoms with Gasteiger partial charge in [0.25, 0.3) is 5.91 Å². The number of hydrogen-bond acceptors (Lipinski definition) is 5. The normalized spacial score (nSPS) is 11.9. The largest absolute Gasteiger partial charge is 0.323 e. The molecule has 24 heavy (non-hydrogen) atoms. The fraction of sp³-hybridized carbons (Fsp3) is 0.188. The molecule has 0 aliphatic carbocycles. The summed E-state index contributed by atoms with van der Waals surface area (Å²) in [5.74, 6) is 0.227. The second-order valence-corrected chi connectivity index (χ2v) is 5.53. The molecule has 1 atom stereocenters. The summed E-state index contributed by atoms with van der Waals surface area (Å²) >= 11 is 5.88. The summed E-state index contributed by atoms with van der Waals surface area (Å²) in [4.78, 5) is 17.7. The molecule has 0 radical (unpaired) electrons. The molecule has 0 bridgehead atoms. The number of anilines is 1. The van der Waals surface area contributed by atoms with Crippen LogP contribution in [0.25, 0.3) is 11.4 Å². The molecule has 0 spiro atoms. The van der Waals surface area contributed by atoms with Gasteiger partial charge in [-0.05, 0) is 48.0 Å². The average molecular weight is 343 g/mol. The third-order valence-corrected chi connectivity index (χ3v) is 3.68. The van der Waals surface area contributed by atoms with Gasteiger partial charge in [-0.1, -0.05) is 18.5 Å². The Hall–Kier alpha value is -2.80. The van der Waals surface area contributed by atoms with E-state index in [9.17, 15) is 4.79 Å². The first-order chi connectivity index (χ1) is 11.7. The zero-order valence-corrected chi connectivity index (χ0v) is 13.7. The minimum atomic E-state index is -0.557. The maximum Gasteiger partial charge on any atom is 0.251 e. The van der Waals surface area contributed by atoms with Crippen LogP contribution in [-0.4, -0.2) is 31.1 Å². The van der Waals surface area contributed by atoms with Gasteiger partial charge in [-0.3, -0.25) is 9.78 Å². The minimum absolute atomic E-state index is 0.217. The summed E-state index contributed by atoms with van der Waals surface area (Å²) in [6.07, 6.45) is 3.76. The molecule has 1 N–H and O–H groups in total. The summed E-state index contributed by atoms with van der Waals surface area (Å²) in [6.45, 7) is 1.89. The minimum Gasteiger partial charge on any atom is -0.323 e. The fourth-order valence-electron chi connectivity index (χ4n) is 2.19. The maximum atomic E-state index is 12.4. The number of hydrogen-bond donors (Lipinski definition) is 1. The Kier molecular flexibility index (Phi) is 4.81. The third-order valence-electron chi connectivity index (χ3n) is 3.43. The predicted molar refractivity (Wildman–Crippen MR) is 90.5 cm³/mol. The van der Waals surface area contributed by atoms with E-state index in [0.29, 0.717) is 23.0 Å². The molecule has 0 saturated carbocycles. The van der Waals surface area contributed by atoms with Gasteiger partial charge in [-0.15, -0.1) is 10.2 Å². The van der Waals surface area contributed by atoms with Crippen LogP contribution in [0.4, 0.5) is 5.69 Å². The number of rotatable bonds is 5. The van der Waals surface area contributed by atoms with E-state index in [0.717, 1.165) is 5.56 Å². The highest BCUT2D eigenvalue weighted by Gasteiger charge is 2.22. The fourth-order valence-corrected chi connectivity index (χ4v) is 2.31. The molecule has 2 heterocycles. The van der Waals surface area contributed by atoms with Gasteiger partial charge in [0.2, 0.25) is 5.82 Å². The van der Waals surface area contributed by atoms with E-state index in [-0.39, 0.29) is 5.91 Å². The first kappa shape index (κ1) is 16.1. The monoisotopic (exact) mass is 342 g/mol. The van der Waals surface area contributed by atoms with Crippen LogP contribution in [-0.2, 0) is 4.79 Å². The van der Waals surface area contributed by atoms with Crippen LogP contribution in [0.15, 0.2) is 48.8 Å². The topological polar surface area (TPSA) is 85.6 Å². The van der Waals surface area contributed by atoms with Gasteiger partial charge < -0.3 is 5.32 Å². The van der Waals surface area contributed by atoms with Gasteiger partial charge in [0, 0.05) is 16.8 Å². The lowest BCUT2D eigenvalue weighted by Gasteiger charge is -2.13. The molecule has 0 fully saturated rings. The summed E-state index contributed by atoms with van der Waals surface area (Å²) in [6, 6.07) is 10.1. The summed E-state index contributed by atoms with van der Waals surface area (Å²) in [5, 5.41) is 15.8. The molecule has 1 unspecified atom stereocenters. The highest BCUT2D eigenvalue weighted by molar-refractivity contribution is 6.30. The second-order valence-electron chi connectivity index (χ2n) is 5.10. The zero-order chi connectivity index (χ0) is 16.9. The molecule has 0 saturated heterocycles. The molecule has 8 heteroatoms. The van der Waals surface area contributed by atoms with Gasteiger partial charge in [-0.2, -0.15) is 4.80 Å². The van der Waals surface area contributed by atoms with E-state index in [4.69, 9.17) is 11.6 Å². The van der Waals surface area contributed by atoms with Crippen molar-refractivity contribution in [2.24, 2.45) is 0 Å². The number of nitrogens with one attached hydrogen (secondary N) is 1. The number of pyridine rings is 1. The number of halogens is 1. The van der Waals surface area contributed by atoms with Gasteiger partial charge in [0.15, 0.2) is 6.04 Å². The predicted octanol–water partition coefficient (Wildman–Crippen LogP) is 2.98. The molecule has 1 aromatic carbocycles. The molecule has 7 nitrogen and oxygen atoms in total. The number of nitrogens with zero attached hydrogens (tertiary/aromatic N) is 5. The van der Waals surface area contributed by atoms with Crippen LogP contribution in [0.1, 0.15) is 19.4 Å². The molecule has 3 aromatic rings. The van der Waals surface area contributed by atoms with E-state index in [1.54, 1.807) is 48.8 Å². The number of carbonyl (C=O) groups is 1. The van der Waals surface area contributed by atoms with E-state index >= 15 is 0 Å². The number of benzene rings is 1. The number of amides is 1. The molecule has 0 aliphatic rings. The summed E-state index contributed by atoms with van der Waals surface area (Å²) in [5.41, 5.74) is 1.41. The van der Waals surface area contributed by atoms with Gasteiger partial charge in [0.05, 0.1) is 11.9 Å². The second kappa shape index (κ2) is 7.18. The highest BCUT2D eigenvalue weighted by Crippen LogP contribution is 2.19. The van der Waals surface area contributed by atoms with Crippen LogP contribution in [0.5, 0.6) is 0 Å². The van der Waals surface area contributed by atoms with Crippen LogP contribution in [0, 0.1) is 0 Å². The quantitative estimate of drug-likeness (QED) is 0.770. The van der Waals surface area contributed by atoms with Crippen molar-refractivity contribution in [3.05, 3.63) is 53.8 Å². The zero-order valence-electron chi connectivity index (χ0n) is 12.9. The summed E-state index contributed by atoms with van der Waals surface area (Å²) in [7, 11) is 0. The first-order valence-corrected chi connectivity index (χ1v) is 7.81. The summed E-state index contributed by atoms with van der Waals surface area (Å²) < 4.78 is 0. The highest BCUT2D eigenvalue weighted by atomic mass is 35.5. The van der Waals surface area contributed by atoms with Crippen molar-refractivity contribution in [3.63, 3.8) is 0 Å². The number of aromatic nitrogens is 5. The van der Waals surface area contributed by atoms with Crippen molar-refractivity contribution in [1.29, 1.82) is 0 Å². The van der Waals surface area contributed by atoms with Crippen molar-refractivity contribution in [2.45, 2.75) is 19.4 Å². The number of carbonyl (C=O) groups excluding carboxylic acids is 1. The molecule has 2 aromatic heterocycles. The Morgan fingerprint density at radius 2 is 2.08 bits per heavy atom. The Bertz CT molecular complexity index is 818. The Labute approximate surface area is 143 Å². The molecule has 3 rings (SSSR count). The third kappa shape index (κ3) is 3.57. The van der Waals surface area contributed by atoms with Crippen molar-refractivity contribution in [3.8, 4) is 11.4 Å². The Morgan fingerprint density at radius 3 is 2.75 bits per heavy atom. The maximum absolute atomic E-state index is 12.4. The van der Waals surface area contributed by atoms with Crippen molar-refractivity contribution in [1.82, 2.24) is 25.2 Å². The average Bonchev–Trinajstić information content (AvgIpc) is 3.07. The van der Waals surface area contributed by atoms with Gasteiger partial charge in [-0.25, -0.2) is 0 Å². The first-order valence-electron chi connectivity index (χ1n) is 7.43. The smallest absolute Gasteiger partial charge is 0.251 e. The van der Waals surface area contributed by atoms with E-state index in [2.05, 4.69) is 25.7 Å². The number of tetrazole rings is 1. The molecule has 1 amide bonds. The van der Waals surface area contributed by atoms with Gasteiger partial charge in [0.1, 0.15) is 0 Å². The molecular formula is C16H15ClN6O. The van der Waals surface area contributed by atoms with E-state index < -0.39 is 6.04 Å². The van der Waals surface area contributed by atoms with Crippen LogP contribution in [0.3, 0.4) is 0 Å². The molecular weight excluding hydrogens is 328 g/mol. The van der Waals surface area contributed by atoms with Crippen LogP contribution >= 0.6 is 11.6 Å².